The van der Waals surface area contributed by atoms with Gasteiger partial charge in [0.15, 0.2) is 0 Å². The zero-order valence-electron chi connectivity index (χ0n) is 18.2. The average Bonchev–Trinajstić information content (AvgIpc) is 3.03. The molecule has 1 aromatic heterocycles. The van der Waals surface area contributed by atoms with Crippen molar-refractivity contribution in [3.8, 4) is 0 Å². The Kier molecular flexibility index (Phi) is 6.57. The molecule has 0 radical (unpaired) electrons. The van der Waals surface area contributed by atoms with Gasteiger partial charge in [0.05, 0.1) is 16.3 Å². The molecule has 1 atom stereocenters. The van der Waals surface area contributed by atoms with Gasteiger partial charge in [0.1, 0.15) is 22.4 Å². The molecule has 0 spiro atoms. The minimum absolute atomic E-state index is 0.179. The van der Waals surface area contributed by atoms with Crippen molar-refractivity contribution in [1.29, 1.82) is 0 Å². The second kappa shape index (κ2) is 9.36. The van der Waals surface area contributed by atoms with Gasteiger partial charge < -0.3 is 16.0 Å². The van der Waals surface area contributed by atoms with Gasteiger partial charge in [-0.05, 0) is 48.6 Å². The maximum Gasteiger partial charge on any atom is 0.261 e. The lowest BCUT2D eigenvalue weighted by Gasteiger charge is -2.24. The number of nitrogens with one attached hydrogen (secondary N) is 2. The number of benzene rings is 1. The molecular weight excluding hydrogens is 410 g/mol. The van der Waals surface area contributed by atoms with Crippen molar-refractivity contribution < 1.29 is 4.21 Å². The summed E-state index contributed by atoms with van der Waals surface area (Å²) >= 11 is 0. The molecule has 7 nitrogen and oxygen atoms in total. The first-order valence-corrected chi connectivity index (χ1v) is 12.2. The van der Waals surface area contributed by atoms with Crippen LogP contribution in [0.3, 0.4) is 0 Å². The third-order valence-corrected chi connectivity index (χ3v) is 7.34. The predicted octanol–water partition coefficient (Wildman–Crippen LogP) is 3.65. The molecule has 4 rings (SSSR count). The van der Waals surface area contributed by atoms with E-state index in [0.717, 1.165) is 35.5 Å². The third-order valence-electron chi connectivity index (χ3n) is 5.81. The lowest BCUT2D eigenvalue weighted by atomic mass is 9.95. The summed E-state index contributed by atoms with van der Waals surface area (Å²) in [5.74, 6) is 0.615. The predicted molar refractivity (Wildman–Crippen MR) is 126 cm³/mol. The minimum Gasteiger partial charge on any atom is -0.383 e. The van der Waals surface area contributed by atoms with E-state index in [1.807, 2.05) is 28.6 Å². The van der Waals surface area contributed by atoms with Crippen LogP contribution in [0.15, 0.2) is 45.1 Å². The first-order valence-electron chi connectivity index (χ1n) is 11.0. The average molecular weight is 442 g/mol. The van der Waals surface area contributed by atoms with Gasteiger partial charge in [0.2, 0.25) is 0 Å². The van der Waals surface area contributed by atoms with Crippen molar-refractivity contribution in [2.75, 3.05) is 11.9 Å². The lowest BCUT2D eigenvalue weighted by Crippen LogP contribution is -2.29. The number of rotatable bonds is 6. The van der Waals surface area contributed by atoms with Crippen molar-refractivity contribution in [2.45, 2.75) is 63.4 Å². The Morgan fingerprint density at radius 3 is 2.81 bits per heavy atom. The van der Waals surface area contributed by atoms with Crippen LogP contribution in [0, 0.1) is 5.92 Å². The van der Waals surface area contributed by atoms with Gasteiger partial charge in [-0.2, -0.15) is 0 Å². The number of H-pyrrole nitrogens is 1. The second-order valence-electron chi connectivity index (χ2n) is 8.83. The van der Waals surface area contributed by atoms with Gasteiger partial charge in [-0.1, -0.05) is 33.1 Å². The fourth-order valence-corrected chi connectivity index (χ4v) is 5.87. The fourth-order valence-electron chi connectivity index (χ4n) is 4.37. The van der Waals surface area contributed by atoms with Gasteiger partial charge in [-0.15, -0.1) is 0 Å². The first kappa shape index (κ1) is 21.8. The number of hydrogen-bond donors (Lipinski definition) is 3. The van der Waals surface area contributed by atoms with Gasteiger partial charge >= 0.3 is 0 Å². The molecular formula is C23H31N5O2S. The number of aliphatic imine (C=N–C) groups is 1. The van der Waals surface area contributed by atoms with E-state index < -0.39 is 11.0 Å². The van der Waals surface area contributed by atoms with Crippen LogP contribution in [-0.4, -0.2) is 31.9 Å². The van der Waals surface area contributed by atoms with E-state index >= 15 is 0 Å². The molecule has 1 unspecified atom stereocenters. The van der Waals surface area contributed by atoms with Gasteiger partial charge in [0, 0.05) is 25.3 Å². The topological polar surface area (TPSA) is 104 Å². The summed E-state index contributed by atoms with van der Waals surface area (Å²) in [5.41, 5.74) is 8.81. The first-order chi connectivity index (χ1) is 14.9. The number of nitrogens with two attached hydrogens (primary N) is 1. The molecule has 1 aliphatic heterocycles. The van der Waals surface area contributed by atoms with E-state index in [2.05, 4.69) is 29.1 Å². The molecule has 2 aliphatic rings. The van der Waals surface area contributed by atoms with Crippen molar-refractivity contribution in [3.05, 3.63) is 51.9 Å². The number of aromatic nitrogens is 1. The van der Waals surface area contributed by atoms with E-state index in [1.54, 1.807) is 6.20 Å². The van der Waals surface area contributed by atoms with Crippen molar-refractivity contribution >= 4 is 28.2 Å². The van der Waals surface area contributed by atoms with Gasteiger partial charge in [0.25, 0.3) is 5.56 Å². The number of amidine groups is 1. The van der Waals surface area contributed by atoms with E-state index in [4.69, 9.17) is 5.73 Å². The number of anilines is 1. The van der Waals surface area contributed by atoms with Crippen molar-refractivity contribution in [3.63, 3.8) is 0 Å². The van der Waals surface area contributed by atoms with Crippen LogP contribution in [0.5, 0.6) is 0 Å². The zero-order chi connectivity index (χ0) is 22.0. The van der Waals surface area contributed by atoms with E-state index in [-0.39, 0.29) is 11.4 Å². The molecule has 1 aromatic carbocycles. The fraction of sp³-hybridized carbons (Fsp3) is 0.478. The molecule has 0 saturated heterocycles. The second-order valence-corrected chi connectivity index (χ2v) is 10.3. The molecule has 31 heavy (non-hydrogen) atoms. The Bertz CT molecular complexity index is 1060. The summed E-state index contributed by atoms with van der Waals surface area (Å²) in [7, 11) is -1.14. The van der Waals surface area contributed by atoms with Crippen LogP contribution in [0.2, 0.25) is 0 Å². The van der Waals surface area contributed by atoms with Crippen LogP contribution in [-0.2, 0) is 17.5 Å². The Labute approximate surface area is 185 Å². The highest BCUT2D eigenvalue weighted by Gasteiger charge is 2.27. The molecule has 0 bridgehead atoms. The number of nitrogens with zero attached hydrogens (tertiary/aromatic N) is 2. The Morgan fingerprint density at radius 1 is 1.29 bits per heavy atom. The summed E-state index contributed by atoms with van der Waals surface area (Å²) in [6.45, 7) is 5.64. The van der Waals surface area contributed by atoms with E-state index in [0.29, 0.717) is 29.8 Å². The Hall–Kier alpha value is -2.45. The summed E-state index contributed by atoms with van der Waals surface area (Å²) in [4.78, 5) is 20.7. The molecule has 1 aliphatic carbocycles. The lowest BCUT2D eigenvalue weighted by molar-refractivity contribution is 0.396. The highest BCUT2D eigenvalue weighted by Crippen LogP contribution is 2.31. The maximum atomic E-state index is 12.7. The maximum absolute atomic E-state index is 12.7. The molecule has 1 saturated carbocycles. The molecule has 2 aromatic rings. The monoisotopic (exact) mass is 441 g/mol. The molecule has 4 N–H and O–H groups in total. The summed E-state index contributed by atoms with van der Waals surface area (Å²) in [6, 6.07) is 7.79. The van der Waals surface area contributed by atoms with Crippen LogP contribution >= 0.6 is 0 Å². The SMILES string of the molecule is CC(C)CN1Cc2cc(N=C(N)c3c(NC4CCCCC4)cc[nH]c3=O)ccc2S1=O. The zero-order valence-corrected chi connectivity index (χ0v) is 19.0. The largest absolute Gasteiger partial charge is 0.383 e. The van der Waals surface area contributed by atoms with E-state index in [1.165, 1.54) is 19.3 Å². The standard InChI is InChI=1S/C23H31N5O2S/c1-15(2)13-28-14-16-12-18(8-9-20(16)31(28)30)27-22(24)21-19(10-11-25-23(21)29)26-17-6-4-3-5-7-17/h8-12,15,17H,3-7,13-14H2,1-2H3,(H2,24,27)(H2,25,26,29). The number of fused-ring (bicyclic) bond motifs is 1. The van der Waals surface area contributed by atoms with Crippen molar-refractivity contribution in [1.82, 2.24) is 9.29 Å². The highest BCUT2D eigenvalue weighted by molar-refractivity contribution is 7.83. The molecule has 0 amide bonds. The molecule has 166 valence electrons. The number of pyridine rings is 1. The quantitative estimate of drug-likeness (QED) is 0.470. The van der Waals surface area contributed by atoms with Gasteiger partial charge in [-0.3, -0.25) is 4.79 Å². The van der Waals surface area contributed by atoms with Crippen molar-refractivity contribution in [2.24, 2.45) is 16.6 Å². The third kappa shape index (κ3) is 4.91. The summed E-state index contributed by atoms with van der Waals surface area (Å²) < 4.78 is 14.7. The highest BCUT2D eigenvalue weighted by atomic mass is 32.2. The molecule has 2 heterocycles. The summed E-state index contributed by atoms with van der Waals surface area (Å²) in [5, 5.41) is 3.50. The molecule has 1 fully saturated rings. The van der Waals surface area contributed by atoms with Gasteiger partial charge in [-0.25, -0.2) is 13.5 Å². The molecule has 8 heteroatoms. The normalized spacial score (nSPS) is 20.2. The van der Waals surface area contributed by atoms with Crippen LogP contribution < -0.4 is 16.6 Å². The Balaban J connectivity index is 1.60. The Morgan fingerprint density at radius 2 is 2.06 bits per heavy atom. The summed E-state index contributed by atoms with van der Waals surface area (Å²) in [6.07, 6.45) is 7.49. The number of hydrogen-bond acceptors (Lipinski definition) is 4. The smallest absolute Gasteiger partial charge is 0.261 e. The van der Waals surface area contributed by atoms with E-state index in [9.17, 15) is 9.00 Å². The van der Waals surface area contributed by atoms with Crippen LogP contribution in [0.1, 0.15) is 57.1 Å². The van der Waals surface area contributed by atoms with Crippen LogP contribution in [0.25, 0.3) is 0 Å². The number of aromatic amines is 1. The minimum atomic E-state index is -1.14. The van der Waals surface area contributed by atoms with Crippen LogP contribution in [0.4, 0.5) is 11.4 Å².